The van der Waals surface area contributed by atoms with Crippen molar-refractivity contribution in [2.24, 2.45) is 0 Å². The Morgan fingerprint density at radius 2 is 1.07 bits per heavy atom. The van der Waals surface area contributed by atoms with Gasteiger partial charge in [0, 0.05) is 20.0 Å². The van der Waals surface area contributed by atoms with Crippen LogP contribution in [0.5, 0.6) is 0 Å². The van der Waals surface area contributed by atoms with Gasteiger partial charge < -0.3 is 4.90 Å². The SMILES string of the molecule is CCCCCCCC/C=C\CCCCCCCC(=O)N(C)CCCCCC. The molecule has 2 nitrogen and oxygen atoms in total. The monoisotopic (exact) mass is 379 g/mol. The Balaban J connectivity index is 3.31. The van der Waals surface area contributed by atoms with Gasteiger partial charge in [0.1, 0.15) is 0 Å². The summed E-state index contributed by atoms with van der Waals surface area (Å²) in [6.45, 7) is 5.43. The highest BCUT2D eigenvalue weighted by Crippen LogP contribution is 2.11. The average molecular weight is 380 g/mol. The molecule has 0 aromatic rings. The van der Waals surface area contributed by atoms with Crippen LogP contribution in [0.4, 0.5) is 0 Å². The van der Waals surface area contributed by atoms with Crippen LogP contribution in [0, 0.1) is 0 Å². The molecule has 160 valence electrons. The molecule has 0 spiro atoms. The number of allylic oxidation sites excluding steroid dienone is 2. The molecule has 0 N–H and O–H groups in total. The van der Waals surface area contributed by atoms with Gasteiger partial charge in [-0.3, -0.25) is 4.79 Å². The maximum absolute atomic E-state index is 12.1. The zero-order chi connectivity index (χ0) is 20.0. The number of unbranched alkanes of at least 4 members (excludes halogenated alkanes) is 14. The van der Waals surface area contributed by atoms with Crippen LogP contribution in [-0.4, -0.2) is 24.4 Å². The molecule has 0 fully saturated rings. The Kier molecular flexibility index (Phi) is 20.9. The summed E-state index contributed by atoms with van der Waals surface area (Å²) in [5, 5.41) is 0. The van der Waals surface area contributed by atoms with Crippen molar-refractivity contribution in [3.8, 4) is 0 Å². The molecule has 27 heavy (non-hydrogen) atoms. The van der Waals surface area contributed by atoms with Crippen LogP contribution in [0.15, 0.2) is 12.2 Å². The number of carbonyl (C=O) groups excluding carboxylic acids is 1. The molecule has 0 rings (SSSR count). The maximum Gasteiger partial charge on any atom is 0.222 e. The van der Waals surface area contributed by atoms with Gasteiger partial charge in [0.15, 0.2) is 0 Å². The van der Waals surface area contributed by atoms with Gasteiger partial charge in [-0.2, -0.15) is 0 Å². The number of hydrogen-bond donors (Lipinski definition) is 0. The number of rotatable bonds is 20. The summed E-state index contributed by atoms with van der Waals surface area (Å²) in [5.74, 6) is 0.337. The van der Waals surface area contributed by atoms with Crippen LogP contribution < -0.4 is 0 Å². The zero-order valence-electron chi connectivity index (χ0n) is 18.9. The molecule has 0 aliphatic rings. The van der Waals surface area contributed by atoms with E-state index >= 15 is 0 Å². The van der Waals surface area contributed by atoms with Crippen LogP contribution in [0.1, 0.15) is 129 Å². The highest BCUT2D eigenvalue weighted by atomic mass is 16.2. The Hall–Kier alpha value is -0.790. The van der Waals surface area contributed by atoms with E-state index in [1.807, 2.05) is 11.9 Å². The third-order valence-electron chi connectivity index (χ3n) is 5.43. The third-order valence-corrected chi connectivity index (χ3v) is 5.43. The highest BCUT2D eigenvalue weighted by molar-refractivity contribution is 5.75. The Bertz CT molecular complexity index is 337. The maximum atomic E-state index is 12.1. The molecule has 0 aliphatic carbocycles. The lowest BCUT2D eigenvalue weighted by atomic mass is 10.1. The summed E-state index contributed by atoms with van der Waals surface area (Å²) in [5.41, 5.74) is 0. The first-order chi connectivity index (χ1) is 13.2. The van der Waals surface area contributed by atoms with Gasteiger partial charge in [0.05, 0.1) is 0 Å². The van der Waals surface area contributed by atoms with E-state index in [4.69, 9.17) is 0 Å². The third kappa shape index (κ3) is 19.8. The van der Waals surface area contributed by atoms with Gasteiger partial charge in [0.25, 0.3) is 0 Å². The van der Waals surface area contributed by atoms with Crippen molar-refractivity contribution in [3.63, 3.8) is 0 Å². The smallest absolute Gasteiger partial charge is 0.222 e. The Morgan fingerprint density at radius 1 is 0.630 bits per heavy atom. The van der Waals surface area contributed by atoms with Gasteiger partial charge in [-0.25, -0.2) is 0 Å². The minimum Gasteiger partial charge on any atom is -0.346 e. The molecule has 0 aromatic heterocycles. The first-order valence-electron chi connectivity index (χ1n) is 12.1. The quantitative estimate of drug-likeness (QED) is 0.155. The van der Waals surface area contributed by atoms with Gasteiger partial charge in [-0.05, 0) is 38.5 Å². The van der Waals surface area contributed by atoms with Crippen molar-refractivity contribution >= 4 is 5.91 Å². The predicted octanol–water partition coefficient (Wildman–Crippen LogP) is 8.06. The molecule has 1 amide bonds. The van der Waals surface area contributed by atoms with Crippen LogP contribution in [-0.2, 0) is 4.79 Å². The first-order valence-corrected chi connectivity index (χ1v) is 12.1. The fraction of sp³-hybridized carbons (Fsp3) is 0.880. The first kappa shape index (κ1) is 26.2. The molecule has 0 bridgehead atoms. The summed E-state index contributed by atoms with van der Waals surface area (Å²) >= 11 is 0. The molecule has 0 aromatic carbocycles. The van der Waals surface area contributed by atoms with E-state index in [2.05, 4.69) is 26.0 Å². The van der Waals surface area contributed by atoms with Gasteiger partial charge in [-0.15, -0.1) is 0 Å². The molecule has 0 atom stereocenters. The molecule has 0 radical (unpaired) electrons. The molecule has 0 saturated heterocycles. The predicted molar refractivity (Wildman–Crippen MR) is 121 cm³/mol. The second kappa shape index (κ2) is 21.5. The number of nitrogens with zero attached hydrogens (tertiary/aromatic N) is 1. The Labute approximate surface area is 171 Å². The minimum atomic E-state index is 0.337. The van der Waals surface area contributed by atoms with Gasteiger partial charge in [-0.1, -0.05) is 96.6 Å². The van der Waals surface area contributed by atoms with E-state index in [-0.39, 0.29) is 0 Å². The fourth-order valence-electron chi connectivity index (χ4n) is 3.44. The van der Waals surface area contributed by atoms with Gasteiger partial charge >= 0.3 is 0 Å². The molecular formula is C25H49NO. The largest absolute Gasteiger partial charge is 0.346 e. The van der Waals surface area contributed by atoms with E-state index in [0.29, 0.717) is 5.91 Å². The van der Waals surface area contributed by atoms with Crippen molar-refractivity contribution in [1.29, 1.82) is 0 Å². The lowest BCUT2D eigenvalue weighted by Gasteiger charge is -2.16. The summed E-state index contributed by atoms with van der Waals surface area (Å²) in [4.78, 5) is 14.0. The van der Waals surface area contributed by atoms with Crippen molar-refractivity contribution < 1.29 is 4.79 Å². The molecule has 0 aliphatic heterocycles. The molecule has 0 saturated carbocycles. The minimum absolute atomic E-state index is 0.337. The summed E-state index contributed by atoms with van der Waals surface area (Å²) in [7, 11) is 1.96. The normalized spacial score (nSPS) is 11.4. The molecule has 2 heteroatoms. The molecule has 0 heterocycles. The number of carbonyl (C=O) groups is 1. The van der Waals surface area contributed by atoms with Crippen molar-refractivity contribution in [1.82, 2.24) is 4.90 Å². The van der Waals surface area contributed by atoms with E-state index in [1.165, 1.54) is 96.3 Å². The molecule has 0 unspecified atom stereocenters. The standard InChI is InChI=1S/C25H49NO/c1-4-6-8-10-11-12-13-14-15-16-17-18-19-20-21-23-25(27)26(3)24-22-9-7-5-2/h14-15H,4-13,16-24H2,1-3H3/b15-14-. The molecular weight excluding hydrogens is 330 g/mol. The van der Waals surface area contributed by atoms with Crippen LogP contribution >= 0.6 is 0 Å². The van der Waals surface area contributed by atoms with Crippen LogP contribution in [0.3, 0.4) is 0 Å². The lowest BCUT2D eigenvalue weighted by Crippen LogP contribution is -2.27. The van der Waals surface area contributed by atoms with Gasteiger partial charge in [0.2, 0.25) is 5.91 Å². The van der Waals surface area contributed by atoms with E-state index < -0.39 is 0 Å². The van der Waals surface area contributed by atoms with Crippen LogP contribution in [0.25, 0.3) is 0 Å². The van der Waals surface area contributed by atoms with Crippen molar-refractivity contribution in [2.75, 3.05) is 13.6 Å². The summed E-state index contributed by atoms with van der Waals surface area (Å²) in [6, 6.07) is 0. The van der Waals surface area contributed by atoms with E-state index in [1.54, 1.807) is 0 Å². The number of amides is 1. The topological polar surface area (TPSA) is 20.3 Å². The zero-order valence-corrected chi connectivity index (χ0v) is 18.9. The highest BCUT2D eigenvalue weighted by Gasteiger charge is 2.07. The number of hydrogen-bond acceptors (Lipinski definition) is 1. The van der Waals surface area contributed by atoms with E-state index in [0.717, 1.165) is 25.8 Å². The fourth-order valence-corrected chi connectivity index (χ4v) is 3.44. The van der Waals surface area contributed by atoms with Crippen LogP contribution in [0.2, 0.25) is 0 Å². The summed E-state index contributed by atoms with van der Waals surface area (Å²) in [6.07, 6.45) is 27.4. The second-order valence-corrected chi connectivity index (χ2v) is 8.21. The average Bonchev–Trinajstić information content (AvgIpc) is 2.67. The lowest BCUT2D eigenvalue weighted by molar-refractivity contribution is -0.130. The summed E-state index contributed by atoms with van der Waals surface area (Å²) < 4.78 is 0. The van der Waals surface area contributed by atoms with Crippen molar-refractivity contribution in [2.45, 2.75) is 129 Å². The van der Waals surface area contributed by atoms with E-state index in [9.17, 15) is 4.79 Å². The second-order valence-electron chi connectivity index (χ2n) is 8.21. The Morgan fingerprint density at radius 3 is 1.63 bits per heavy atom. The van der Waals surface area contributed by atoms with Crippen molar-refractivity contribution in [3.05, 3.63) is 12.2 Å².